The normalized spacial score (nSPS) is 12.5. The maximum absolute atomic E-state index is 12.9. The highest BCUT2D eigenvalue weighted by molar-refractivity contribution is 9.10. The average molecular weight is 364 g/mol. The Morgan fingerprint density at radius 2 is 1.89 bits per heavy atom. The fraction of sp³-hybridized carbons (Fsp3) is 0.143. The maximum atomic E-state index is 12.9. The van der Waals surface area contributed by atoms with E-state index in [4.69, 9.17) is 23.2 Å². The zero-order chi connectivity index (χ0) is 14.0. The van der Waals surface area contributed by atoms with E-state index in [-0.39, 0.29) is 0 Å². The van der Waals surface area contributed by atoms with Gasteiger partial charge in [0.05, 0.1) is 6.10 Å². The van der Waals surface area contributed by atoms with Crippen LogP contribution in [0.5, 0.6) is 0 Å². The van der Waals surface area contributed by atoms with Crippen molar-refractivity contribution in [2.24, 2.45) is 0 Å². The van der Waals surface area contributed by atoms with Crippen molar-refractivity contribution in [3.05, 3.63) is 67.9 Å². The minimum absolute atomic E-state index is 0.305. The summed E-state index contributed by atoms with van der Waals surface area (Å²) in [7, 11) is 0. The standard InChI is InChI=1S/C14H10BrCl2FO/c15-12-6-9(16)2-4-11(12)14(19)5-8-1-3-10(18)7-13(8)17/h1-4,6-7,14,19H,5H2. The Kier molecular flexibility index (Phi) is 4.85. The first kappa shape index (κ1) is 14.8. The summed E-state index contributed by atoms with van der Waals surface area (Å²) in [6, 6.07) is 9.30. The zero-order valence-electron chi connectivity index (χ0n) is 9.71. The fourth-order valence-corrected chi connectivity index (χ4v) is 2.97. The van der Waals surface area contributed by atoms with Crippen LogP contribution in [0.15, 0.2) is 40.9 Å². The van der Waals surface area contributed by atoms with Gasteiger partial charge in [0.15, 0.2) is 0 Å². The van der Waals surface area contributed by atoms with Gasteiger partial charge in [0.1, 0.15) is 5.82 Å². The molecule has 1 unspecified atom stereocenters. The summed E-state index contributed by atoms with van der Waals surface area (Å²) < 4.78 is 13.7. The first-order valence-corrected chi connectivity index (χ1v) is 7.09. The summed E-state index contributed by atoms with van der Waals surface area (Å²) in [6.07, 6.45) is -0.436. The quantitative estimate of drug-likeness (QED) is 0.797. The number of aliphatic hydroxyl groups excluding tert-OH is 1. The molecule has 1 nitrogen and oxygen atoms in total. The Bertz CT molecular complexity index is 604. The van der Waals surface area contributed by atoms with E-state index in [9.17, 15) is 9.50 Å². The molecule has 1 atom stereocenters. The number of hydrogen-bond donors (Lipinski definition) is 1. The van der Waals surface area contributed by atoms with Crippen LogP contribution in [0.1, 0.15) is 17.2 Å². The molecule has 0 aromatic heterocycles. The lowest BCUT2D eigenvalue weighted by Crippen LogP contribution is -2.03. The van der Waals surface area contributed by atoms with Crippen molar-refractivity contribution < 1.29 is 9.50 Å². The van der Waals surface area contributed by atoms with Crippen LogP contribution in [0.2, 0.25) is 10.0 Å². The van der Waals surface area contributed by atoms with Gasteiger partial charge in [-0.2, -0.15) is 0 Å². The highest BCUT2D eigenvalue weighted by Crippen LogP contribution is 2.30. The largest absolute Gasteiger partial charge is 0.388 e. The Morgan fingerprint density at radius 1 is 1.16 bits per heavy atom. The first-order valence-electron chi connectivity index (χ1n) is 5.54. The number of benzene rings is 2. The second-order valence-corrected chi connectivity index (χ2v) is 5.82. The summed E-state index contributed by atoms with van der Waals surface area (Å²) in [5, 5.41) is 11.1. The topological polar surface area (TPSA) is 20.2 Å². The van der Waals surface area contributed by atoms with Gasteiger partial charge in [-0.15, -0.1) is 0 Å². The van der Waals surface area contributed by atoms with E-state index in [2.05, 4.69) is 15.9 Å². The third-order valence-corrected chi connectivity index (χ3v) is 4.02. The van der Waals surface area contributed by atoms with E-state index in [1.165, 1.54) is 12.1 Å². The lowest BCUT2D eigenvalue weighted by molar-refractivity contribution is 0.177. The Hall–Kier alpha value is -0.610. The molecular formula is C14H10BrCl2FO. The second-order valence-electron chi connectivity index (χ2n) is 4.12. The van der Waals surface area contributed by atoms with Crippen LogP contribution in [0.25, 0.3) is 0 Å². The molecule has 0 saturated heterocycles. The van der Waals surface area contributed by atoms with Gasteiger partial charge >= 0.3 is 0 Å². The molecule has 0 heterocycles. The van der Waals surface area contributed by atoms with Crippen LogP contribution in [0, 0.1) is 5.82 Å². The lowest BCUT2D eigenvalue weighted by Gasteiger charge is -2.14. The van der Waals surface area contributed by atoms with Gasteiger partial charge in [-0.3, -0.25) is 0 Å². The molecule has 0 saturated carbocycles. The Balaban J connectivity index is 2.23. The van der Waals surface area contributed by atoms with Crippen LogP contribution >= 0.6 is 39.1 Å². The molecule has 5 heteroatoms. The van der Waals surface area contributed by atoms with Crippen molar-refractivity contribution in [3.63, 3.8) is 0 Å². The van der Waals surface area contributed by atoms with Crippen molar-refractivity contribution in [3.8, 4) is 0 Å². The van der Waals surface area contributed by atoms with Crippen LogP contribution in [0.4, 0.5) is 4.39 Å². The molecular weight excluding hydrogens is 354 g/mol. The molecule has 2 rings (SSSR count). The van der Waals surface area contributed by atoms with Crippen molar-refractivity contribution in [2.45, 2.75) is 12.5 Å². The molecule has 0 spiro atoms. The van der Waals surface area contributed by atoms with Gasteiger partial charge < -0.3 is 5.11 Å². The third kappa shape index (κ3) is 3.69. The van der Waals surface area contributed by atoms with Crippen molar-refractivity contribution in [1.82, 2.24) is 0 Å². The molecule has 0 fully saturated rings. The van der Waals surface area contributed by atoms with E-state index >= 15 is 0 Å². The number of halogens is 4. The van der Waals surface area contributed by atoms with Crippen molar-refractivity contribution >= 4 is 39.1 Å². The van der Waals surface area contributed by atoms with Gasteiger partial charge in [0.25, 0.3) is 0 Å². The molecule has 0 radical (unpaired) electrons. The molecule has 0 aliphatic rings. The summed E-state index contributed by atoms with van der Waals surface area (Å²) in [5.41, 5.74) is 1.40. The van der Waals surface area contributed by atoms with Crippen LogP contribution < -0.4 is 0 Å². The zero-order valence-corrected chi connectivity index (χ0v) is 12.8. The molecule has 19 heavy (non-hydrogen) atoms. The molecule has 1 N–H and O–H groups in total. The smallest absolute Gasteiger partial charge is 0.124 e. The van der Waals surface area contributed by atoms with Crippen molar-refractivity contribution in [1.29, 1.82) is 0 Å². The predicted molar refractivity (Wildman–Crippen MR) is 79.2 cm³/mol. The summed E-state index contributed by atoms with van der Waals surface area (Å²) in [6.45, 7) is 0. The van der Waals surface area contributed by atoms with Crippen LogP contribution in [0.3, 0.4) is 0 Å². The highest BCUT2D eigenvalue weighted by atomic mass is 79.9. The summed E-state index contributed by atoms with van der Waals surface area (Å²) in [4.78, 5) is 0. The third-order valence-electron chi connectivity index (χ3n) is 2.75. The summed E-state index contributed by atoms with van der Waals surface area (Å²) in [5.74, 6) is -0.393. The van der Waals surface area contributed by atoms with Crippen LogP contribution in [-0.2, 0) is 6.42 Å². The summed E-state index contributed by atoms with van der Waals surface area (Å²) >= 11 is 15.1. The highest BCUT2D eigenvalue weighted by Gasteiger charge is 2.14. The predicted octanol–water partition coefficient (Wildman–Crippen LogP) is 5.17. The number of aliphatic hydroxyl groups is 1. The van der Waals surface area contributed by atoms with E-state index in [1.54, 1.807) is 24.3 Å². The first-order chi connectivity index (χ1) is 8.97. The molecule has 0 aliphatic carbocycles. The molecule has 0 bridgehead atoms. The Labute approximate surface area is 129 Å². The van der Waals surface area contributed by atoms with Crippen LogP contribution in [-0.4, -0.2) is 5.11 Å². The van der Waals surface area contributed by atoms with E-state index < -0.39 is 11.9 Å². The minimum atomic E-state index is -0.741. The molecule has 2 aromatic carbocycles. The van der Waals surface area contributed by atoms with Gasteiger partial charge in [-0.25, -0.2) is 4.39 Å². The average Bonchev–Trinajstić information content (AvgIpc) is 2.32. The Morgan fingerprint density at radius 3 is 2.53 bits per heavy atom. The molecule has 2 aromatic rings. The molecule has 100 valence electrons. The number of rotatable bonds is 3. The number of hydrogen-bond acceptors (Lipinski definition) is 1. The minimum Gasteiger partial charge on any atom is -0.388 e. The SMILES string of the molecule is OC(Cc1ccc(F)cc1Cl)c1ccc(Cl)cc1Br. The van der Waals surface area contributed by atoms with Gasteiger partial charge in [0, 0.05) is 20.9 Å². The van der Waals surface area contributed by atoms with E-state index in [0.717, 1.165) is 4.47 Å². The maximum Gasteiger partial charge on any atom is 0.124 e. The second kappa shape index (κ2) is 6.23. The van der Waals surface area contributed by atoms with E-state index in [0.29, 0.717) is 27.6 Å². The van der Waals surface area contributed by atoms with Gasteiger partial charge in [-0.05, 0) is 35.4 Å². The molecule has 0 amide bonds. The van der Waals surface area contributed by atoms with Crippen molar-refractivity contribution in [2.75, 3.05) is 0 Å². The lowest BCUT2D eigenvalue weighted by atomic mass is 10.0. The fourth-order valence-electron chi connectivity index (χ4n) is 1.78. The molecule has 0 aliphatic heterocycles. The van der Waals surface area contributed by atoms with Gasteiger partial charge in [0.2, 0.25) is 0 Å². The monoisotopic (exact) mass is 362 g/mol. The van der Waals surface area contributed by atoms with Gasteiger partial charge in [-0.1, -0.05) is 51.3 Å². The van der Waals surface area contributed by atoms with E-state index in [1.807, 2.05) is 0 Å².